The number of nitrogens with zero attached hydrogens (tertiary/aromatic N) is 1. The van der Waals surface area contributed by atoms with Crippen molar-refractivity contribution in [2.45, 2.75) is 67.0 Å². The minimum Gasteiger partial charge on any atom is -0.313 e. The van der Waals surface area contributed by atoms with E-state index in [-0.39, 0.29) is 0 Å². The van der Waals surface area contributed by atoms with E-state index in [1.165, 1.54) is 19.5 Å². The van der Waals surface area contributed by atoms with Gasteiger partial charge >= 0.3 is 0 Å². The van der Waals surface area contributed by atoms with Crippen LogP contribution in [0.25, 0.3) is 0 Å². The van der Waals surface area contributed by atoms with Crippen LogP contribution in [0.3, 0.4) is 0 Å². The molecule has 0 spiro atoms. The largest absolute Gasteiger partial charge is 0.313 e. The summed E-state index contributed by atoms with van der Waals surface area (Å²) in [7, 11) is 0. The van der Waals surface area contributed by atoms with E-state index in [0.29, 0.717) is 17.5 Å². The number of hydrogen-bond donors (Lipinski definition) is 1. The third kappa shape index (κ3) is 4.55. The first-order valence-electron chi connectivity index (χ1n) is 7.69. The number of likely N-dealkylation sites (tertiary alicyclic amines) is 1. The van der Waals surface area contributed by atoms with E-state index in [4.69, 9.17) is 0 Å². The molecule has 18 heavy (non-hydrogen) atoms. The molecule has 0 saturated carbocycles. The minimum absolute atomic E-state index is 0.460. The van der Waals surface area contributed by atoms with Crippen LogP contribution in [0.1, 0.15) is 54.9 Å². The fourth-order valence-corrected chi connectivity index (χ4v) is 2.94. The predicted octanol–water partition coefficient (Wildman–Crippen LogP) is 3.38. The van der Waals surface area contributed by atoms with Crippen LogP contribution >= 0.6 is 0 Å². The van der Waals surface area contributed by atoms with E-state index in [9.17, 15) is 0 Å². The average Bonchev–Trinajstić information content (AvgIpc) is 2.65. The first kappa shape index (κ1) is 16.0. The van der Waals surface area contributed by atoms with Crippen LogP contribution < -0.4 is 5.32 Å². The number of nitrogens with one attached hydrogen (secondary N) is 1. The smallest absolute Gasteiger partial charge is 0.0243 e. The Kier molecular flexibility index (Phi) is 5.67. The molecule has 1 aliphatic heterocycles. The van der Waals surface area contributed by atoms with Gasteiger partial charge in [-0.15, -0.1) is 0 Å². The summed E-state index contributed by atoms with van der Waals surface area (Å²) in [5.41, 5.74) is 0.460. The van der Waals surface area contributed by atoms with Crippen molar-refractivity contribution >= 4 is 0 Å². The van der Waals surface area contributed by atoms with E-state index in [0.717, 1.165) is 18.4 Å². The maximum Gasteiger partial charge on any atom is 0.0243 e. The fraction of sp³-hybridized carbons (Fsp3) is 1.00. The topological polar surface area (TPSA) is 15.3 Å². The quantitative estimate of drug-likeness (QED) is 0.809. The van der Waals surface area contributed by atoms with E-state index in [2.05, 4.69) is 58.7 Å². The molecule has 0 aliphatic carbocycles. The Labute approximate surface area is 115 Å². The highest BCUT2D eigenvalue weighted by Crippen LogP contribution is 2.35. The van der Waals surface area contributed by atoms with Crippen molar-refractivity contribution in [3.05, 3.63) is 0 Å². The van der Waals surface area contributed by atoms with Crippen molar-refractivity contribution in [1.82, 2.24) is 10.2 Å². The molecule has 1 fully saturated rings. The summed E-state index contributed by atoms with van der Waals surface area (Å²) >= 11 is 0. The highest BCUT2D eigenvalue weighted by molar-refractivity contribution is 4.89. The van der Waals surface area contributed by atoms with Gasteiger partial charge in [0.15, 0.2) is 0 Å². The van der Waals surface area contributed by atoms with E-state index in [1.54, 1.807) is 0 Å². The fourth-order valence-electron chi connectivity index (χ4n) is 2.94. The molecule has 1 saturated heterocycles. The van der Waals surface area contributed by atoms with Crippen molar-refractivity contribution in [2.75, 3.05) is 19.6 Å². The van der Waals surface area contributed by atoms with Gasteiger partial charge in [-0.25, -0.2) is 0 Å². The molecule has 0 amide bonds. The van der Waals surface area contributed by atoms with Gasteiger partial charge in [0.2, 0.25) is 0 Å². The summed E-state index contributed by atoms with van der Waals surface area (Å²) in [6.07, 6.45) is 1.37. The van der Waals surface area contributed by atoms with Crippen LogP contribution in [0.4, 0.5) is 0 Å². The first-order chi connectivity index (χ1) is 8.21. The number of hydrogen-bond acceptors (Lipinski definition) is 2. The van der Waals surface area contributed by atoms with Gasteiger partial charge < -0.3 is 5.32 Å². The van der Waals surface area contributed by atoms with Crippen molar-refractivity contribution in [3.63, 3.8) is 0 Å². The zero-order valence-corrected chi connectivity index (χ0v) is 13.6. The summed E-state index contributed by atoms with van der Waals surface area (Å²) in [5.74, 6) is 1.59. The van der Waals surface area contributed by atoms with Gasteiger partial charge in [0.25, 0.3) is 0 Å². The Balaban J connectivity index is 2.55. The van der Waals surface area contributed by atoms with Gasteiger partial charge in [0.1, 0.15) is 0 Å². The molecule has 0 bridgehead atoms. The summed E-state index contributed by atoms with van der Waals surface area (Å²) in [6, 6.07) is 1.28. The third-order valence-electron chi connectivity index (χ3n) is 4.42. The van der Waals surface area contributed by atoms with Gasteiger partial charge in [-0.05, 0) is 30.2 Å². The Morgan fingerprint density at radius 1 is 1.17 bits per heavy atom. The second-order valence-electron chi connectivity index (χ2n) is 7.72. The Hall–Kier alpha value is -0.0800. The highest BCUT2D eigenvalue weighted by Gasteiger charge is 2.35. The molecule has 108 valence electrons. The molecule has 0 aromatic heterocycles. The molecule has 0 aromatic rings. The van der Waals surface area contributed by atoms with Gasteiger partial charge in [-0.3, -0.25) is 4.90 Å². The molecule has 1 heterocycles. The van der Waals surface area contributed by atoms with Crippen molar-refractivity contribution in [2.24, 2.45) is 17.3 Å². The molecule has 2 heteroatoms. The molecule has 1 N–H and O–H groups in total. The first-order valence-corrected chi connectivity index (χ1v) is 7.69. The van der Waals surface area contributed by atoms with Gasteiger partial charge in [-0.1, -0.05) is 48.5 Å². The lowest BCUT2D eigenvalue weighted by Gasteiger charge is -2.34. The van der Waals surface area contributed by atoms with Crippen molar-refractivity contribution in [1.29, 1.82) is 0 Å². The summed E-state index contributed by atoms with van der Waals surface area (Å²) in [6.45, 7) is 20.0. The lowest BCUT2D eigenvalue weighted by molar-refractivity contribution is 0.158. The molecule has 1 aliphatic rings. The molecular formula is C16H34N2. The van der Waals surface area contributed by atoms with Crippen LogP contribution in [0.15, 0.2) is 0 Å². The second kappa shape index (κ2) is 6.38. The maximum absolute atomic E-state index is 3.62. The Morgan fingerprint density at radius 2 is 1.78 bits per heavy atom. The number of rotatable bonds is 5. The molecule has 2 atom stereocenters. The zero-order valence-electron chi connectivity index (χ0n) is 13.6. The van der Waals surface area contributed by atoms with Gasteiger partial charge in [0.05, 0.1) is 0 Å². The molecule has 0 aromatic carbocycles. The molecule has 1 rings (SSSR count). The third-order valence-corrected chi connectivity index (χ3v) is 4.42. The van der Waals surface area contributed by atoms with Gasteiger partial charge in [-0.2, -0.15) is 0 Å². The van der Waals surface area contributed by atoms with E-state index < -0.39 is 0 Å². The molecule has 2 nitrogen and oxygen atoms in total. The second-order valence-corrected chi connectivity index (χ2v) is 7.72. The highest BCUT2D eigenvalue weighted by atomic mass is 15.2. The average molecular weight is 254 g/mol. The minimum atomic E-state index is 0.460. The molecule has 0 radical (unpaired) electrons. The summed E-state index contributed by atoms with van der Waals surface area (Å²) in [4.78, 5) is 2.72. The predicted molar refractivity (Wildman–Crippen MR) is 80.9 cm³/mol. The van der Waals surface area contributed by atoms with Crippen molar-refractivity contribution < 1.29 is 0 Å². The lowest BCUT2D eigenvalue weighted by atomic mass is 9.80. The van der Waals surface area contributed by atoms with Crippen LogP contribution in [0.5, 0.6) is 0 Å². The maximum atomic E-state index is 3.62. The monoisotopic (exact) mass is 254 g/mol. The normalized spacial score (nSPS) is 24.2. The summed E-state index contributed by atoms with van der Waals surface area (Å²) in [5, 5.41) is 3.62. The van der Waals surface area contributed by atoms with Crippen LogP contribution in [-0.2, 0) is 0 Å². The van der Waals surface area contributed by atoms with E-state index >= 15 is 0 Å². The Bertz CT molecular complexity index is 240. The lowest BCUT2D eigenvalue weighted by Crippen LogP contribution is -2.46. The summed E-state index contributed by atoms with van der Waals surface area (Å²) < 4.78 is 0. The standard InChI is InChI=1S/C16H34N2/c1-12(2)15(10-17-13(3)4)18-9-8-14(11-18)16(5,6)7/h12-15,17H,8-11H2,1-7H3. The molecular weight excluding hydrogens is 220 g/mol. The van der Waals surface area contributed by atoms with Crippen LogP contribution in [0, 0.1) is 17.3 Å². The van der Waals surface area contributed by atoms with Gasteiger partial charge in [0, 0.05) is 25.2 Å². The SMILES string of the molecule is CC(C)NCC(C(C)C)N1CCC(C(C)(C)C)C1. The Morgan fingerprint density at radius 3 is 2.17 bits per heavy atom. The molecule has 2 unspecified atom stereocenters. The zero-order chi connectivity index (χ0) is 13.9. The van der Waals surface area contributed by atoms with E-state index in [1.807, 2.05) is 0 Å². The van der Waals surface area contributed by atoms with Crippen LogP contribution in [-0.4, -0.2) is 36.6 Å². The van der Waals surface area contributed by atoms with Crippen molar-refractivity contribution in [3.8, 4) is 0 Å². The van der Waals surface area contributed by atoms with Crippen LogP contribution in [0.2, 0.25) is 0 Å².